The van der Waals surface area contributed by atoms with Crippen LogP contribution in [-0.4, -0.2) is 24.1 Å². The third kappa shape index (κ3) is 2.35. The normalized spacial score (nSPS) is 38.7. The van der Waals surface area contributed by atoms with Gasteiger partial charge in [-0.3, -0.25) is 0 Å². The van der Waals surface area contributed by atoms with Gasteiger partial charge in [0.2, 0.25) is 0 Å². The Morgan fingerprint density at radius 3 is 1.89 bits per heavy atom. The molecule has 2 fully saturated rings. The van der Waals surface area contributed by atoms with Gasteiger partial charge in [0.25, 0.3) is 0 Å². The summed E-state index contributed by atoms with van der Waals surface area (Å²) in [5.74, 6) is 0. The largest absolute Gasteiger partial charge is 0.359 e. The topological polar surface area (TPSA) is 34.3 Å². The van der Waals surface area contributed by atoms with Crippen molar-refractivity contribution in [1.29, 1.82) is 0 Å². The maximum atomic E-state index is 5.06. The van der Waals surface area contributed by atoms with Gasteiger partial charge in [0.1, 0.15) is 0 Å². The molecule has 0 aromatic carbocycles. The summed E-state index contributed by atoms with van der Waals surface area (Å²) in [6.45, 7) is 1.66. The van der Waals surface area contributed by atoms with Gasteiger partial charge in [-0.2, -0.15) is 0 Å². The molecule has 2 rings (SSSR count). The minimum Gasteiger partial charge on any atom is -0.359 e. The summed E-state index contributed by atoms with van der Waals surface area (Å²) in [6, 6.07) is 0. The predicted molar refractivity (Wildman–Crippen MR) is 35.7 cm³/mol. The van der Waals surface area contributed by atoms with E-state index in [1.54, 1.807) is 0 Å². The quantitative estimate of drug-likeness (QED) is 0.460. The zero-order chi connectivity index (χ0) is 6.10. The van der Waals surface area contributed by atoms with Gasteiger partial charge in [0.05, 0.1) is 13.2 Å². The fourth-order valence-corrected chi connectivity index (χ4v) is 1.56. The Kier molecular flexibility index (Phi) is 1.87. The molecule has 2 aliphatic rings. The molecule has 0 aromatic rings. The van der Waals surface area contributed by atoms with Crippen molar-refractivity contribution in [2.75, 3.05) is 13.2 Å². The van der Waals surface area contributed by atoms with Crippen LogP contribution >= 0.6 is 24.1 Å². The summed E-state index contributed by atoms with van der Waals surface area (Å²) >= 11 is 2.74. The van der Waals surface area contributed by atoms with Gasteiger partial charge in [-0.15, -0.1) is 0 Å². The van der Waals surface area contributed by atoms with E-state index in [9.17, 15) is 0 Å². The first kappa shape index (κ1) is 6.30. The van der Waals surface area contributed by atoms with E-state index >= 15 is 0 Å². The Morgan fingerprint density at radius 1 is 1.11 bits per heavy atom. The van der Waals surface area contributed by atoms with Gasteiger partial charge in [-0.25, -0.2) is 3.63 Å². The lowest BCUT2D eigenvalue weighted by Crippen LogP contribution is -1.77. The van der Waals surface area contributed by atoms with Crippen LogP contribution in [-0.2, 0) is 13.1 Å². The van der Waals surface area contributed by atoms with E-state index in [4.69, 9.17) is 13.1 Å². The van der Waals surface area contributed by atoms with E-state index in [1.807, 2.05) is 0 Å². The summed E-state index contributed by atoms with van der Waals surface area (Å²) in [7, 11) is 0. The van der Waals surface area contributed by atoms with E-state index in [-0.39, 0.29) is 10.9 Å². The van der Waals surface area contributed by atoms with Crippen LogP contribution in [0, 0.1) is 0 Å². The van der Waals surface area contributed by atoms with E-state index < -0.39 is 0 Å². The van der Waals surface area contributed by atoms with Crippen LogP contribution in [0.25, 0.3) is 0 Å². The summed E-state index contributed by atoms with van der Waals surface area (Å²) in [4.78, 5) is 0. The first-order valence-electron chi connectivity index (χ1n) is 2.67. The molecule has 9 heavy (non-hydrogen) atoms. The molecule has 0 amide bonds. The number of hydrogen-bond donors (Lipinski definition) is 0. The fraction of sp³-hybridized carbons (Fsp3) is 1.00. The molecule has 2 unspecified atom stereocenters. The van der Waals surface area contributed by atoms with Crippen LogP contribution < -0.4 is 0 Å². The Morgan fingerprint density at radius 2 is 1.56 bits per heavy atom. The van der Waals surface area contributed by atoms with Crippen LogP contribution in [0.5, 0.6) is 0 Å². The molecule has 2 saturated heterocycles. The van der Waals surface area contributed by atoms with Gasteiger partial charge in [0, 0.05) is 24.1 Å². The standard InChI is InChI=1S/C4H6O3S2/c1-3(5-1)8-7-9-4-2-6-4/h3-4H,1-2H2. The molecular formula is C4H6O3S2. The van der Waals surface area contributed by atoms with Crippen molar-refractivity contribution in [3.63, 3.8) is 0 Å². The third-order valence-electron chi connectivity index (χ3n) is 0.899. The summed E-state index contributed by atoms with van der Waals surface area (Å²) in [6.07, 6.45) is 0. The minimum atomic E-state index is 0.288. The van der Waals surface area contributed by atoms with Gasteiger partial charge < -0.3 is 9.47 Å². The second-order valence-corrected chi connectivity index (χ2v) is 3.77. The van der Waals surface area contributed by atoms with Crippen LogP contribution in [0.2, 0.25) is 0 Å². The lowest BCUT2D eigenvalue weighted by molar-refractivity contribution is 0.450. The maximum absolute atomic E-state index is 5.06. The predicted octanol–water partition coefficient (Wildman–Crippen LogP) is 1.01. The zero-order valence-electron chi connectivity index (χ0n) is 4.61. The molecular weight excluding hydrogens is 160 g/mol. The highest BCUT2D eigenvalue weighted by molar-refractivity contribution is 8.08. The van der Waals surface area contributed by atoms with E-state index in [2.05, 4.69) is 0 Å². The number of ether oxygens (including phenoxy) is 2. The smallest absolute Gasteiger partial charge is 0.153 e. The fourth-order valence-electron chi connectivity index (χ4n) is 0.300. The Labute approximate surface area is 61.8 Å². The van der Waals surface area contributed by atoms with Gasteiger partial charge in [-0.05, 0) is 0 Å². The third-order valence-corrected chi connectivity index (χ3v) is 2.50. The van der Waals surface area contributed by atoms with Gasteiger partial charge in [-0.1, -0.05) is 0 Å². The SMILES string of the molecule is C1OC1SOSC1CO1. The number of hydrogen-bond acceptors (Lipinski definition) is 5. The van der Waals surface area contributed by atoms with E-state index in [0.29, 0.717) is 0 Å². The second-order valence-electron chi connectivity index (χ2n) is 1.79. The molecule has 0 radical (unpaired) electrons. The Hall–Kier alpha value is 0.580. The summed E-state index contributed by atoms with van der Waals surface area (Å²) < 4.78 is 14.9. The molecule has 0 aliphatic carbocycles. The molecule has 2 aliphatic heterocycles. The molecule has 0 saturated carbocycles. The van der Waals surface area contributed by atoms with Crippen LogP contribution in [0.4, 0.5) is 0 Å². The zero-order valence-corrected chi connectivity index (χ0v) is 6.24. The minimum absolute atomic E-state index is 0.288. The van der Waals surface area contributed by atoms with Crippen LogP contribution in [0.3, 0.4) is 0 Å². The maximum Gasteiger partial charge on any atom is 0.153 e. The average Bonchev–Trinajstić information content (AvgIpc) is 2.57. The summed E-state index contributed by atoms with van der Waals surface area (Å²) in [5, 5.41) is 0. The van der Waals surface area contributed by atoms with E-state index in [1.165, 1.54) is 24.1 Å². The highest BCUT2D eigenvalue weighted by Crippen LogP contribution is 2.34. The molecule has 2 atom stereocenters. The first-order valence-corrected chi connectivity index (χ1v) is 4.28. The van der Waals surface area contributed by atoms with Crippen LogP contribution in [0.1, 0.15) is 0 Å². The lowest BCUT2D eigenvalue weighted by atomic mass is 11.0. The molecule has 3 nitrogen and oxygen atoms in total. The molecule has 0 aromatic heterocycles. The van der Waals surface area contributed by atoms with Crippen LogP contribution in [0.15, 0.2) is 0 Å². The highest BCUT2D eigenvalue weighted by Gasteiger charge is 2.28. The van der Waals surface area contributed by atoms with Crippen molar-refractivity contribution in [2.45, 2.75) is 10.9 Å². The molecule has 0 N–H and O–H groups in total. The molecule has 2 heterocycles. The number of epoxide rings is 2. The second kappa shape index (κ2) is 2.67. The highest BCUT2D eigenvalue weighted by atomic mass is 32.2. The molecule has 0 bridgehead atoms. The van der Waals surface area contributed by atoms with Crippen molar-refractivity contribution < 1.29 is 13.1 Å². The molecule has 0 spiro atoms. The van der Waals surface area contributed by atoms with Crippen molar-refractivity contribution in [3.8, 4) is 0 Å². The number of rotatable bonds is 4. The van der Waals surface area contributed by atoms with Crippen molar-refractivity contribution in [3.05, 3.63) is 0 Å². The van der Waals surface area contributed by atoms with Gasteiger partial charge >= 0.3 is 0 Å². The molecule has 52 valence electrons. The van der Waals surface area contributed by atoms with E-state index in [0.717, 1.165) is 13.2 Å². The van der Waals surface area contributed by atoms with Crippen molar-refractivity contribution >= 4 is 24.1 Å². The van der Waals surface area contributed by atoms with Gasteiger partial charge in [0.15, 0.2) is 10.9 Å². The lowest BCUT2D eigenvalue weighted by Gasteiger charge is -1.91. The Bertz CT molecular complexity index is 90.0. The Balaban J connectivity index is 1.46. The first-order chi connectivity index (χ1) is 4.45. The van der Waals surface area contributed by atoms with Crippen molar-refractivity contribution in [2.24, 2.45) is 0 Å². The summed E-state index contributed by atoms with van der Waals surface area (Å²) in [5.41, 5.74) is 0.576. The molecule has 5 heteroatoms. The average molecular weight is 166 g/mol. The monoisotopic (exact) mass is 166 g/mol. The van der Waals surface area contributed by atoms with Crippen molar-refractivity contribution in [1.82, 2.24) is 0 Å².